The summed E-state index contributed by atoms with van der Waals surface area (Å²) < 4.78 is 5.00. The Morgan fingerprint density at radius 2 is 2.18 bits per heavy atom. The molecule has 0 bridgehead atoms. The summed E-state index contributed by atoms with van der Waals surface area (Å²) in [6.07, 6.45) is 3.39. The SMILES string of the molecule is CC(C)OC(=O)CCCN=C(N)NC1CC1.I. The van der Waals surface area contributed by atoms with Crippen molar-refractivity contribution in [2.75, 3.05) is 6.54 Å². The number of aliphatic imine (C=N–C) groups is 1. The third kappa shape index (κ3) is 9.20. The highest BCUT2D eigenvalue weighted by Crippen LogP contribution is 2.17. The number of nitrogens with zero attached hydrogens (tertiary/aromatic N) is 1. The van der Waals surface area contributed by atoms with Crippen LogP contribution in [0.5, 0.6) is 0 Å². The fraction of sp³-hybridized carbons (Fsp3) is 0.818. The Morgan fingerprint density at radius 3 is 2.71 bits per heavy atom. The molecule has 0 aromatic rings. The lowest BCUT2D eigenvalue weighted by atomic mass is 10.3. The topological polar surface area (TPSA) is 76.7 Å². The van der Waals surface area contributed by atoms with E-state index in [-0.39, 0.29) is 36.0 Å². The summed E-state index contributed by atoms with van der Waals surface area (Å²) >= 11 is 0. The van der Waals surface area contributed by atoms with Gasteiger partial charge in [-0.05, 0) is 33.1 Å². The Labute approximate surface area is 120 Å². The lowest BCUT2D eigenvalue weighted by Crippen LogP contribution is -2.33. The van der Waals surface area contributed by atoms with Crippen LogP contribution in [0.2, 0.25) is 0 Å². The molecule has 5 nitrogen and oxygen atoms in total. The Balaban J connectivity index is 0.00000256. The van der Waals surface area contributed by atoms with Crippen molar-refractivity contribution in [1.82, 2.24) is 5.32 Å². The maximum Gasteiger partial charge on any atom is 0.306 e. The Morgan fingerprint density at radius 1 is 1.53 bits per heavy atom. The molecule has 17 heavy (non-hydrogen) atoms. The molecule has 0 heterocycles. The van der Waals surface area contributed by atoms with Gasteiger partial charge in [0.05, 0.1) is 6.10 Å². The first-order chi connectivity index (χ1) is 7.58. The Hall–Kier alpha value is -0.530. The maximum atomic E-state index is 11.2. The first-order valence-corrected chi connectivity index (χ1v) is 5.84. The van der Waals surface area contributed by atoms with Gasteiger partial charge in [-0.1, -0.05) is 0 Å². The van der Waals surface area contributed by atoms with E-state index in [1.807, 2.05) is 13.8 Å². The summed E-state index contributed by atoms with van der Waals surface area (Å²) in [5, 5.41) is 3.09. The quantitative estimate of drug-likeness (QED) is 0.248. The molecule has 0 amide bonds. The fourth-order valence-corrected chi connectivity index (χ4v) is 1.23. The van der Waals surface area contributed by atoms with Gasteiger partial charge in [0.2, 0.25) is 0 Å². The van der Waals surface area contributed by atoms with Crippen molar-refractivity contribution in [3.8, 4) is 0 Å². The number of ether oxygens (including phenoxy) is 1. The zero-order valence-corrected chi connectivity index (χ0v) is 12.8. The summed E-state index contributed by atoms with van der Waals surface area (Å²) in [6.45, 7) is 4.25. The molecule has 0 aliphatic heterocycles. The number of carbonyl (C=O) groups excluding carboxylic acids is 1. The number of nitrogens with one attached hydrogen (secondary N) is 1. The van der Waals surface area contributed by atoms with Crippen molar-refractivity contribution in [3.05, 3.63) is 0 Å². The van der Waals surface area contributed by atoms with Gasteiger partial charge in [-0.2, -0.15) is 0 Å². The van der Waals surface area contributed by atoms with Crippen LogP contribution in [0.4, 0.5) is 0 Å². The van der Waals surface area contributed by atoms with Crippen LogP contribution in [-0.4, -0.2) is 30.6 Å². The number of esters is 1. The van der Waals surface area contributed by atoms with Crippen LogP contribution in [0.3, 0.4) is 0 Å². The smallest absolute Gasteiger partial charge is 0.306 e. The van der Waals surface area contributed by atoms with Crippen LogP contribution in [0, 0.1) is 0 Å². The maximum absolute atomic E-state index is 11.2. The molecule has 6 heteroatoms. The van der Waals surface area contributed by atoms with E-state index in [0.717, 1.165) is 0 Å². The van der Waals surface area contributed by atoms with Gasteiger partial charge >= 0.3 is 5.97 Å². The highest BCUT2D eigenvalue weighted by Gasteiger charge is 2.21. The molecule has 1 rings (SSSR count). The largest absolute Gasteiger partial charge is 0.463 e. The number of nitrogens with two attached hydrogens (primary N) is 1. The van der Waals surface area contributed by atoms with E-state index in [2.05, 4.69) is 10.3 Å². The van der Waals surface area contributed by atoms with E-state index in [0.29, 0.717) is 31.4 Å². The molecular weight excluding hydrogens is 333 g/mol. The highest BCUT2D eigenvalue weighted by atomic mass is 127. The predicted octanol–water partition coefficient (Wildman–Crippen LogP) is 1.40. The standard InChI is InChI=1S/C11H21N3O2.HI/c1-8(2)16-10(15)4-3-7-13-11(12)14-9-5-6-9;/h8-9H,3-7H2,1-2H3,(H3,12,13,14);1H. The minimum Gasteiger partial charge on any atom is -0.463 e. The van der Waals surface area contributed by atoms with Gasteiger partial charge in [0, 0.05) is 19.0 Å². The van der Waals surface area contributed by atoms with Crippen LogP contribution in [0.25, 0.3) is 0 Å². The van der Waals surface area contributed by atoms with Gasteiger partial charge in [-0.3, -0.25) is 9.79 Å². The van der Waals surface area contributed by atoms with Crippen LogP contribution in [-0.2, 0) is 9.53 Å². The number of carbonyl (C=O) groups is 1. The van der Waals surface area contributed by atoms with Crippen molar-refractivity contribution in [3.63, 3.8) is 0 Å². The second-order valence-electron chi connectivity index (χ2n) is 4.33. The van der Waals surface area contributed by atoms with Crippen molar-refractivity contribution in [2.24, 2.45) is 10.7 Å². The number of rotatable bonds is 6. The van der Waals surface area contributed by atoms with Gasteiger partial charge < -0.3 is 15.8 Å². The second-order valence-corrected chi connectivity index (χ2v) is 4.33. The molecule has 0 spiro atoms. The van der Waals surface area contributed by atoms with E-state index in [4.69, 9.17) is 10.5 Å². The number of hydrogen-bond acceptors (Lipinski definition) is 3. The van der Waals surface area contributed by atoms with E-state index in [1.54, 1.807) is 0 Å². The molecule has 3 N–H and O–H groups in total. The van der Waals surface area contributed by atoms with Gasteiger partial charge in [0.25, 0.3) is 0 Å². The van der Waals surface area contributed by atoms with Crippen molar-refractivity contribution >= 4 is 35.9 Å². The summed E-state index contributed by atoms with van der Waals surface area (Å²) in [5.41, 5.74) is 5.63. The lowest BCUT2D eigenvalue weighted by molar-refractivity contribution is -0.147. The van der Waals surface area contributed by atoms with Gasteiger partial charge in [-0.15, -0.1) is 24.0 Å². The first kappa shape index (κ1) is 16.5. The fourth-order valence-electron chi connectivity index (χ4n) is 1.23. The second kappa shape index (κ2) is 8.54. The zero-order chi connectivity index (χ0) is 12.0. The van der Waals surface area contributed by atoms with E-state index < -0.39 is 0 Å². The van der Waals surface area contributed by atoms with E-state index >= 15 is 0 Å². The van der Waals surface area contributed by atoms with Gasteiger partial charge in [0.1, 0.15) is 0 Å². The number of halogens is 1. The molecule has 100 valence electrons. The molecule has 1 aliphatic rings. The summed E-state index contributed by atoms with van der Waals surface area (Å²) in [6, 6.07) is 0.523. The normalized spacial score (nSPS) is 15.4. The molecule has 0 saturated heterocycles. The minimum absolute atomic E-state index is 0. The van der Waals surface area contributed by atoms with Crippen molar-refractivity contribution < 1.29 is 9.53 Å². The van der Waals surface area contributed by atoms with Gasteiger partial charge in [-0.25, -0.2) is 0 Å². The highest BCUT2D eigenvalue weighted by molar-refractivity contribution is 14.0. The van der Waals surface area contributed by atoms with Crippen LogP contribution < -0.4 is 11.1 Å². The molecular formula is C11H22IN3O2. The van der Waals surface area contributed by atoms with Crippen LogP contribution in [0.1, 0.15) is 39.5 Å². The van der Waals surface area contributed by atoms with Crippen molar-refractivity contribution in [1.29, 1.82) is 0 Å². The Kier molecular flexibility index (Phi) is 8.28. The van der Waals surface area contributed by atoms with E-state index in [1.165, 1.54) is 12.8 Å². The minimum atomic E-state index is -0.168. The molecule has 0 radical (unpaired) electrons. The van der Waals surface area contributed by atoms with Crippen LogP contribution in [0.15, 0.2) is 4.99 Å². The molecule has 1 fully saturated rings. The summed E-state index contributed by atoms with van der Waals surface area (Å²) in [4.78, 5) is 15.3. The first-order valence-electron chi connectivity index (χ1n) is 5.84. The molecule has 0 atom stereocenters. The molecule has 0 aromatic heterocycles. The Bertz CT molecular complexity index is 265. The number of hydrogen-bond donors (Lipinski definition) is 2. The molecule has 0 aromatic carbocycles. The molecule has 0 unspecified atom stereocenters. The van der Waals surface area contributed by atoms with Crippen molar-refractivity contribution in [2.45, 2.75) is 51.7 Å². The third-order valence-electron chi connectivity index (χ3n) is 2.12. The monoisotopic (exact) mass is 355 g/mol. The average Bonchev–Trinajstić information content (AvgIpc) is 2.95. The predicted molar refractivity (Wildman–Crippen MR) is 78.5 cm³/mol. The summed E-state index contributed by atoms with van der Waals surface area (Å²) in [5.74, 6) is 0.318. The lowest BCUT2D eigenvalue weighted by Gasteiger charge is -2.07. The third-order valence-corrected chi connectivity index (χ3v) is 2.12. The average molecular weight is 355 g/mol. The summed E-state index contributed by atoms with van der Waals surface area (Å²) in [7, 11) is 0. The van der Waals surface area contributed by atoms with E-state index in [9.17, 15) is 4.79 Å². The molecule has 1 saturated carbocycles. The van der Waals surface area contributed by atoms with Gasteiger partial charge in [0.15, 0.2) is 5.96 Å². The number of guanidine groups is 1. The molecule has 1 aliphatic carbocycles. The van der Waals surface area contributed by atoms with Crippen LogP contribution >= 0.6 is 24.0 Å². The zero-order valence-electron chi connectivity index (χ0n) is 10.4.